The molecule has 0 radical (unpaired) electrons. The van der Waals surface area contributed by atoms with Gasteiger partial charge in [-0.2, -0.15) is 0 Å². The van der Waals surface area contributed by atoms with Crippen LogP contribution in [0.25, 0.3) is 20.5 Å². The van der Waals surface area contributed by atoms with Crippen LogP contribution in [0.15, 0.2) is 71.6 Å². The number of benzene rings is 3. The van der Waals surface area contributed by atoms with Gasteiger partial charge in [-0.1, -0.05) is 0 Å². The van der Waals surface area contributed by atoms with Gasteiger partial charge in [0, 0.05) is 27.0 Å². The van der Waals surface area contributed by atoms with Crippen molar-refractivity contribution in [3.63, 3.8) is 0 Å². The van der Waals surface area contributed by atoms with Crippen LogP contribution >= 0.6 is 23.4 Å². The summed E-state index contributed by atoms with van der Waals surface area (Å²) in [6.07, 6.45) is 0. The summed E-state index contributed by atoms with van der Waals surface area (Å²) in [4.78, 5) is 1.80. The second kappa shape index (κ2) is 8.14. The molecule has 0 atom stereocenters. The largest absolute Gasteiger partial charge is 0.497 e. The molecule has 4 nitrogen and oxygen atoms in total. The molecule has 0 fully saturated rings. The van der Waals surface area contributed by atoms with Crippen LogP contribution in [0.5, 0.6) is 23.0 Å². The lowest BCUT2D eigenvalue weighted by molar-refractivity contribution is 0.415. The Balaban J connectivity index is 1.82. The minimum Gasteiger partial charge on any atom is -0.497 e. The first-order chi connectivity index (χ1) is 13.7. The van der Waals surface area contributed by atoms with Crippen LogP contribution < -0.4 is 14.2 Å². The first kappa shape index (κ1) is 18.7. The molecule has 0 aliphatic carbocycles. The summed E-state index contributed by atoms with van der Waals surface area (Å²) in [6.45, 7) is 0. The Morgan fingerprint density at radius 3 is 2.07 bits per heavy atom. The average molecular weight is 411 g/mol. The molecule has 0 aliphatic rings. The molecule has 1 aromatic heterocycles. The Hall–Kier alpha value is -2.67. The highest BCUT2D eigenvalue weighted by Crippen LogP contribution is 2.47. The van der Waals surface area contributed by atoms with E-state index in [4.69, 9.17) is 18.8 Å². The zero-order valence-electron chi connectivity index (χ0n) is 15.3. The molecule has 142 valence electrons. The van der Waals surface area contributed by atoms with Crippen molar-refractivity contribution in [1.29, 1.82) is 0 Å². The second-order valence-electron chi connectivity index (χ2n) is 6.02. The molecule has 28 heavy (non-hydrogen) atoms. The van der Waals surface area contributed by atoms with Gasteiger partial charge < -0.3 is 18.8 Å². The number of methoxy groups -OCH3 is 2. The molecule has 0 unspecified atom stereocenters. The smallest absolute Gasteiger partial charge is 0.153 e. The number of hydrogen-bond acceptors (Lipinski definition) is 6. The molecule has 3 aromatic carbocycles. The molecule has 1 heterocycles. The van der Waals surface area contributed by atoms with Gasteiger partial charge >= 0.3 is 0 Å². The van der Waals surface area contributed by atoms with E-state index < -0.39 is 0 Å². The molecule has 0 bridgehead atoms. The van der Waals surface area contributed by atoms with Gasteiger partial charge in [0.25, 0.3) is 0 Å². The van der Waals surface area contributed by atoms with Crippen molar-refractivity contribution >= 4 is 33.5 Å². The van der Waals surface area contributed by atoms with Gasteiger partial charge in [0.1, 0.15) is 17.2 Å². The first-order valence-electron chi connectivity index (χ1n) is 8.56. The number of thiophene rings is 1. The summed E-state index contributed by atoms with van der Waals surface area (Å²) >= 11 is 2.37. The molecule has 0 saturated heterocycles. The predicted octanol–water partition coefficient (Wildman–Crippen LogP) is 6.94. The molecule has 0 spiro atoms. The highest BCUT2D eigenvalue weighted by Gasteiger charge is 2.17. The Morgan fingerprint density at radius 2 is 1.43 bits per heavy atom. The van der Waals surface area contributed by atoms with E-state index in [1.807, 2.05) is 66.7 Å². The normalized spacial score (nSPS) is 10.8. The molecule has 0 saturated carbocycles. The van der Waals surface area contributed by atoms with Gasteiger partial charge in [-0.3, -0.25) is 0 Å². The van der Waals surface area contributed by atoms with Gasteiger partial charge in [0.15, 0.2) is 5.75 Å². The second-order valence-corrected chi connectivity index (χ2v) is 7.72. The fourth-order valence-corrected chi connectivity index (χ4v) is 4.32. The van der Waals surface area contributed by atoms with Crippen LogP contribution in [0.2, 0.25) is 0 Å². The lowest BCUT2D eigenvalue weighted by Crippen LogP contribution is -1.87. The summed E-state index contributed by atoms with van der Waals surface area (Å²) in [5.74, 6) is 3.14. The van der Waals surface area contributed by atoms with Crippen LogP contribution in [-0.2, 0) is 0 Å². The van der Waals surface area contributed by atoms with Crippen molar-refractivity contribution in [2.24, 2.45) is 0 Å². The molecule has 0 amide bonds. The maximum atomic E-state index is 9.17. The quantitative estimate of drug-likeness (QED) is 0.349. The Labute approximate surface area is 171 Å². The van der Waals surface area contributed by atoms with E-state index in [-0.39, 0.29) is 0 Å². The van der Waals surface area contributed by atoms with Crippen molar-refractivity contribution in [3.8, 4) is 33.4 Å². The number of fused-ring (bicyclic) bond motifs is 1. The molecule has 0 aliphatic heterocycles. The zero-order chi connectivity index (χ0) is 19.5. The fraction of sp³-hybridized carbons (Fsp3) is 0.0909. The maximum Gasteiger partial charge on any atom is 0.153 e. The van der Waals surface area contributed by atoms with Crippen molar-refractivity contribution in [3.05, 3.63) is 66.7 Å². The number of ether oxygens (including phenoxy) is 3. The highest BCUT2D eigenvalue weighted by atomic mass is 32.2. The van der Waals surface area contributed by atoms with Crippen molar-refractivity contribution in [2.75, 3.05) is 14.2 Å². The van der Waals surface area contributed by atoms with Crippen LogP contribution in [-0.4, -0.2) is 18.8 Å². The third-order valence-corrected chi connectivity index (χ3v) is 6.02. The SMILES string of the molecule is COc1ccc(-c2sc3cc(OC)ccc3c2Oc2ccc(SO)cc2)cc1. The summed E-state index contributed by atoms with van der Waals surface area (Å²) in [7, 11) is 3.32. The average Bonchev–Trinajstić information content (AvgIpc) is 3.11. The first-order valence-corrected chi connectivity index (χ1v) is 10.1. The Kier molecular flexibility index (Phi) is 5.43. The van der Waals surface area contributed by atoms with Crippen LogP contribution in [0.1, 0.15) is 0 Å². The van der Waals surface area contributed by atoms with E-state index in [1.54, 1.807) is 25.6 Å². The van der Waals surface area contributed by atoms with Gasteiger partial charge in [-0.05, 0) is 72.3 Å². The van der Waals surface area contributed by atoms with Gasteiger partial charge in [0.2, 0.25) is 0 Å². The van der Waals surface area contributed by atoms with Crippen molar-refractivity contribution in [2.45, 2.75) is 4.90 Å². The lowest BCUT2D eigenvalue weighted by Gasteiger charge is -2.09. The molecule has 4 aromatic rings. The maximum absolute atomic E-state index is 9.17. The molecule has 4 rings (SSSR count). The van der Waals surface area contributed by atoms with E-state index in [0.717, 1.165) is 42.7 Å². The minimum atomic E-state index is 0.711. The Bertz CT molecular complexity index is 1090. The summed E-state index contributed by atoms with van der Waals surface area (Å²) in [5.41, 5.74) is 1.05. The van der Waals surface area contributed by atoms with Gasteiger partial charge in [-0.25, -0.2) is 0 Å². The van der Waals surface area contributed by atoms with E-state index >= 15 is 0 Å². The zero-order valence-corrected chi connectivity index (χ0v) is 17.0. The van der Waals surface area contributed by atoms with E-state index in [2.05, 4.69) is 0 Å². The highest BCUT2D eigenvalue weighted by molar-refractivity contribution is 7.93. The van der Waals surface area contributed by atoms with E-state index in [1.165, 1.54) is 0 Å². The molecular weight excluding hydrogens is 392 g/mol. The number of rotatable bonds is 6. The monoisotopic (exact) mass is 410 g/mol. The molecule has 6 heteroatoms. The van der Waals surface area contributed by atoms with Crippen LogP contribution in [0.3, 0.4) is 0 Å². The standard InChI is InChI=1S/C22H18O4S2/c1-24-15-5-3-14(4-6-15)22-21(26-16-7-10-18(28-23)11-8-16)19-12-9-17(25-2)13-20(19)27-22/h3-13,23H,1-2H3. The molecular formula is C22H18O4S2. The fourth-order valence-electron chi connectivity index (χ4n) is 2.90. The van der Waals surface area contributed by atoms with Gasteiger partial charge in [0.05, 0.1) is 19.1 Å². The minimum absolute atomic E-state index is 0.711. The van der Waals surface area contributed by atoms with Crippen LogP contribution in [0, 0.1) is 0 Å². The van der Waals surface area contributed by atoms with E-state index in [9.17, 15) is 0 Å². The van der Waals surface area contributed by atoms with Gasteiger partial charge in [-0.15, -0.1) is 11.3 Å². The van der Waals surface area contributed by atoms with Crippen molar-refractivity contribution < 1.29 is 18.8 Å². The summed E-state index contributed by atoms with van der Waals surface area (Å²) in [6, 6.07) is 21.3. The lowest BCUT2D eigenvalue weighted by atomic mass is 10.1. The number of hydrogen-bond donors (Lipinski definition) is 1. The topological polar surface area (TPSA) is 47.9 Å². The summed E-state index contributed by atoms with van der Waals surface area (Å²) in [5, 5.41) is 1.03. The van der Waals surface area contributed by atoms with E-state index in [0.29, 0.717) is 17.8 Å². The third-order valence-electron chi connectivity index (χ3n) is 4.35. The predicted molar refractivity (Wildman–Crippen MR) is 115 cm³/mol. The Morgan fingerprint density at radius 1 is 0.786 bits per heavy atom. The third kappa shape index (κ3) is 3.67. The van der Waals surface area contributed by atoms with Crippen LogP contribution in [0.4, 0.5) is 0 Å². The van der Waals surface area contributed by atoms with Crippen molar-refractivity contribution in [1.82, 2.24) is 0 Å². The molecule has 1 N–H and O–H groups in total. The summed E-state index contributed by atoms with van der Waals surface area (Å²) < 4.78 is 27.2.